The van der Waals surface area contributed by atoms with Gasteiger partial charge in [-0.1, -0.05) is 32.0 Å². The predicted molar refractivity (Wildman–Crippen MR) is 78.4 cm³/mol. The number of carboxylic acid groups (broad SMARTS) is 1. The molecule has 21 heavy (non-hydrogen) atoms. The zero-order valence-electron chi connectivity index (χ0n) is 11.9. The number of carbonyl (C=O) groups is 2. The van der Waals surface area contributed by atoms with Crippen molar-refractivity contribution in [3.05, 3.63) is 47.2 Å². The standard InChI is InChI=1S/C15H17N3O3/c1-9(2)12-8-13(18-17-12)16-14(19)7-10-5-3-4-6-11(10)15(20)21/h3-6,8-9H,7H2,1-2H3,(H,20,21)(H2,16,17,18,19). The van der Waals surface area contributed by atoms with Gasteiger partial charge in [-0.25, -0.2) is 4.79 Å². The van der Waals surface area contributed by atoms with Gasteiger partial charge in [0.25, 0.3) is 0 Å². The molecule has 0 aliphatic carbocycles. The van der Waals surface area contributed by atoms with Crippen molar-refractivity contribution in [2.45, 2.75) is 26.2 Å². The Morgan fingerprint density at radius 1 is 1.33 bits per heavy atom. The second-order valence-electron chi connectivity index (χ2n) is 5.05. The van der Waals surface area contributed by atoms with Gasteiger partial charge >= 0.3 is 5.97 Å². The predicted octanol–water partition coefficient (Wildman–Crippen LogP) is 2.41. The van der Waals surface area contributed by atoms with Crippen molar-refractivity contribution in [2.24, 2.45) is 0 Å². The first kappa shape index (κ1) is 14.8. The molecule has 110 valence electrons. The second-order valence-corrected chi connectivity index (χ2v) is 5.05. The van der Waals surface area contributed by atoms with Gasteiger partial charge in [-0.15, -0.1) is 0 Å². The molecule has 2 aromatic rings. The summed E-state index contributed by atoms with van der Waals surface area (Å²) in [6.45, 7) is 4.03. The summed E-state index contributed by atoms with van der Waals surface area (Å²) in [5.74, 6) is -0.613. The second kappa shape index (κ2) is 6.21. The maximum atomic E-state index is 12.0. The number of amides is 1. The fourth-order valence-corrected chi connectivity index (χ4v) is 1.94. The Hall–Kier alpha value is -2.63. The molecular formula is C15H17N3O3. The minimum atomic E-state index is -1.04. The molecule has 0 radical (unpaired) electrons. The number of anilines is 1. The highest BCUT2D eigenvalue weighted by atomic mass is 16.4. The number of aromatic amines is 1. The highest BCUT2D eigenvalue weighted by Crippen LogP contribution is 2.15. The van der Waals surface area contributed by atoms with Gasteiger partial charge in [0, 0.05) is 11.8 Å². The molecule has 0 spiro atoms. The number of hydrogen-bond donors (Lipinski definition) is 3. The summed E-state index contributed by atoms with van der Waals surface area (Å²) in [4.78, 5) is 23.1. The van der Waals surface area contributed by atoms with E-state index in [4.69, 9.17) is 5.11 Å². The van der Waals surface area contributed by atoms with E-state index in [0.29, 0.717) is 11.4 Å². The van der Waals surface area contributed by atoms with Gasteiger partial charge in [0.1, 0.15) is 0 Å². The first-order valence-corrected chi connectivity index (χ1v) is 6.63. The van der Waals surface area contributed by atoms with Crippen molar-refractivity contribution < 1.29 is 14.7 Å². The molecule has 1 heterocycles. The van der Waals surface area contributed by atoms with E-state index in [9.17, 15) is 9.59 Å². The zero-order chi connectivity index (χ0) is 15.4. The van der Waals surface area contributed by atoms with E-state index in [2.05, 4.69) is 15.5 Å². The van der Waals surface area contributed by atoms with E-state index in [1.807, 2.05) is 13.8 Å². The Bertz CT molecular complexity index is 662. The van der Waals surface area contributed by atoms with E-state index in [0.717, 1.165) is 5.69 Å². The molecule has 3 N–H and O–H groups in total. The molecule has 6 nitrogen and oxygen atoms in total. The zero-order valence-corrected chi connectivity index (χ0v) is 11.9. The van der Waals surface area contributed by atoms with Crippen LogP contribution in [0.4, 0.5) is 5.82 Å². The number of H-pyrrole nitrogens is 1. The third-order valence-electron chi connectivity index (χ3n) is 3.09. The SMILES string of the molecule is CC(C)c1cc(NC(=O)Cc2ccccc2C(=O)O)n[nH]1. The van der Waals surface area contributed by atoms with Crippen molar-refractivity contribution in [1.82, 2.24) is 10.2 Å². The maximum absolute atomic E-state index is 12.0. The summed E-state index contributed by atoms with van der Waals surface area (Å²) >= 11 is 0. The normalized spacial score (nSPS) is 10.6. The number of aromatic carboxylic acids is 1. The topological polar surface area (TPSA) is 95.1 Å². The molecule has 0 saturated carbocycles. The summed E-state index contributed by atoms with van der Waals surface area (Å²) in [5.41, 5.74) is 1.54. The fraction of sp³-hybridized carbons (Fsp3) is 0.267. The molecule has 1 amide bonds. The Labute approximate surface area is 122 Å². The maximum Gasteiger partial charge on any atom is 0.335 e. The van der Waals surface area contributed by atoms with Gasteiger partial charge < -0.3 is 10.4 Å². The molecule has 2 rings (SSSR count). The summed E-state index contributed by atoms with van der Waals surface area (Å²) in [7, 11) is 0. The minimum Gasteiger partial charge on any atom is -0.478 e. The monoisotopic (exact) mass is 287 g/mol. The van der Waals surface area contributed by atoms with Crippen LogP contribution >= 0.6 is 0 Å². The molecule has 0 aliphatic rings. The van der Waals surface area contributed by atoms with E-state index in [-0.39, 0.29) is 23.8 Å². The molecule has 1 aromatic heterocycles. The molecule has 6 heteroatoms. The molecule has 0 aliphatic heterocycles. The molecule has 0 unspecified atom stereocenters. The van der Waals surface area contributed by atoms with E-state index >= 15 is 0 Å². The van der Waals surface area contributed by atoms with Gasteiger partial charge in [0.05, 0.1) is 12.0 Å². The number of aromatic nitrogens is 2. The summed E-state index contributed by atoms with van der Waals surface area (Å²) in [5, 5.41) is 18.6. The van der Waals surface area contributed by atoms with Crippen molar-refractivity contribution >= 4 is 17.7 Å². The van der Waals surface area contributed by atoms with Crippen LogP contribution in [0.25, 0.3) is 0 Å². The van der Waals surface area contributed by atoms with E-state index in [1.165, 1.54) is 6.07 Å². The first-order chi connectivity index (χ1) is 9.97. The molecule has 0 atom stereocenters. The largest absolute Gasteiger partial charge is 0.478 e. The minimum absolute atomic E-state index is 0.00759. The van der Waals surface area contributed by atoms with Crippen molar-refractivity contribution in [1.29, 1.82) is 0 Å². The fourth-order valence-electron chi connectivity index (χ4n) is 1.94. The number of carbonyl (C=O) groups excluding carboxylic acids is 1. The van der Waals surface area contributed by atoms with E-state index < -0.39 is 5.97 Å². The number of benzene rings is 1. The average molecular weight is 287 g/mol. The summed E-state index contributed by atoms with van der Waals surface area (Å²) in [6, 6.07) is 8.23. The van der Waals surface area contributed by atoms with Gasteiger partial charge in [-0.2, -0.15) is 5.10 Å². The van der Waals surface area contributed by atoms with Crippen LogP contribution in [0, 0.1) is 0 Å². The first-order valence-electron chi connectivity index (χ1n) is 6.63. The van der Waals surface area contributed by atoms with Gasteiger partial charge in [0.2, 0.25) is 5.91 Å². The highest BCUT2D eigenvalue weighted by Gasteiger charge is 2.13. The van der Waals surface area contributed by atoms with Gasteiger partial charge in [-0.3, -0.25) is 9.89 Å². The molecular weight excluding hydrogens is 270 g/mol. The van der Waals surface area contributed by atoms with Gasteiger partial charge in [-0.05, 0) is 17.5 Å². The number of nitrogens with one attached hydrogen (secondary N) is 2. The third kappa shape index (κ3) is 3.68. The third-order valence-corrected chi connectivity index (χ3v) is 3.09. The Morgan fingerprint density at radius 3 is 2.67 bits per heavy atom. The van der Waals surface area contributed by atoms with Crippen molar-refractivity contribution in [3.8, 4) is 0 Å². The Balaban J connectivity index is 2.06. The number of carboxylic acids is 1. The Morgan fingerprint density at radius 2 is 2.05 bits per heavy atom. The lowest BCUT2D eigenvalue weighted by molar-refractivity contribution is -0.115. The van der Waals surface area contributed by atoms with Crippen LogP contribution in [0.5, 0.6) is 0 Å². The number of nitrogens with zero attached hydrogens (tertiary/aromatic N) is 1. The smallest absolute Gasteiger partial charge is 0.335 e. The average Bonchev–Trinajstić information content (AvgIpc) is 2.87. The summed E-state index contributed by atoms with van der Waals surface area (Å²) in [6.07, 6.45) is -0.00759. The van der Waals surface area contributed by atoms with Crippen LogP contribution < -0.4 is 5.32 Å². The molecule has 0 saturated heterocycles. The van der Waals surface area contributed by atoms with Crippen LogP contribution in [-0.4, -0.2) is 27.2 Å². The van der Waals surface area contributed by atoms with Crippen molar-refractivity contribution in [3.63, 3.8) is 0 Å². The lowest BCUT2D eigenvalue weighted by atomic mass is 10.0. The Kier molecular flexibility index (Phi) is 4.37. The van der Waals surface area contributed by atoms with Gasteiger partial charge in [0.15, 0.2) is 5.82 Å². The molecule has 0 bridgehead atoms. The molecule has 1 aromatic carbocycles. The molecule has 0 fully saturated rings. The van der Waals surface area contributed by atoms with Crippen LogP contribution in [-0.2, 0) is 11.2 Å². The lowest BCUT2D eigenvalue weighted by Crippen LogP contribution is -2.16. The quantitative estimate of drug-likeness (QED) is 0.787. The van der Waals surface area contributed by atoms with Crippen LogP contribution in [0.3, 0.4) is 0 Å². The van der Waals surface area contributed by atoms with Crippen LogP contribution in [0.1, 0.15) is 41.4 Å². The number of rotatable bonds is 5. The van der Waals surface area contributed by atoms with Crippen molar-refractivity contribution in [2.75, 3.05) is 5.32 Å². The van der Waals surface area contributed by atoms with Crippen LogP contribution in [0.2, 0.25) is 0 Å². The van der Waals surface area contributed by atoms with Crippen LogP contribution in [0.15, 0.2) is 30.3 Å². The number of hydrogen-bond acceptors (Lipinski definition) is 3. The highest BCUT2D eigenvalue weighted by molar-refractivity contribution is 5.95. The van der Waals surface area contributed by atoms with E-state index in [1.54, 1.807) is 24.3 Å². The lowest BCUT2D eigenvalue weighted by Gasteiger charge is -2.05. The summed E-state index contributed by atoms with van der Waals surface area (Å²) < 4.78 is 0.